The summed E-state index contributed by atoms with van der Waals surface area (Å²) in [5, 5.41) is 10.0. The SMILES string of the molecule is O=[N+]([O-])c1ccccc1.[NH4+]. The van der Waals surface area contributed by atoms with Gasteiger partial charge < -0.3 is 6.15 Å². The van der Waals surface area contributed by atoms with Gasteiger partial charge in [0.1, 0.15) is 0 Å². The molecule has 0 aliphatic heterocycles. The number of nitro groups is 1. The Balaban J connectivity index is 0.000000810. The molecule has 54 valence electrons. The zero-order valence-electron chi connectivity index (χ0n) is 5.65. The van der Waals surface area contributed by atoms with E-state index < -0.39 is 4.92 Å². The molecule has 0 atom stereocenters. The molecule has 10 heavy (non-hydrogen) atoms. The van der Waals surface area contributed by atoms with Gasteiger partial charge in [0.15, 0.2) is 0 Å². The van der Waals surface area contributed by atoms with Crippen LogP contribution in [-0.2, 0) is 0 Å². The predicted molar refractivity (Wildman–Crippen MR) is 39.1 cm³/mol. The molecular weight excluding hydrogens is 132 g/mol. The fraction of sp³-hybridized carbons (Fsp3) is 0. The van der Waals surface area contributed by atoms with Crippen LogP contribution in [0.5, 0.6) is 0 Å². The maximum atomic E-state index is 10.0. The number of hydrogen-bond acceptors (Lipinski definition) is 2. The summed E-state index contributed by atoms with van der Waals surface area (Å²) < 4.78 is 0. The molecule has 1 aromatic rings. The van der Waals surface area contributed by atoms with Crippen LogP contribution in [0.1, 0.15) is 0 Å². The second-order valence-corrected chi connectivity index (χ2v) is 1.59. The summed E-state index contributed by atoms with van der Waals surface area (Å²) in [5.74, 6) is 0. The molecule has 0 saturated carbocycles. The third kappa shape index (κ3) is 1.83. The number of para-hydroxylation sites is 1. The zero-order chi connectivity index (χ0) is 6.69. The largest absolute Gasteiger partial charge is 0.369 e. The molecule has 0 radical (unpaired) electrons. The number of benzene rings is 1. The monoisotopic (exact) mass is 141 g/mol. The molecule has 0 heterocycles. The molecule has 0 saturated heterocycles. The van der Waals surface area contributed by atoms with Crippen LogP contribution in [0.3, 0.4) is 0 Å². The summed E-state index contributed by atoms with van der Waals surface area (Å²) in [5.41, 5.74) is 0.137. The van der Waals surface area contributed by atoms with E-state index in [1.807, 2.05) is 0 Å². The first kappa shape index (κ1) is 8.58. The third-order valence-electron chi connectivity index (χ3n) is 0.967. The Labute approximate surface area is 58.2 Å². The lowest BCUT2D eigenvalue weighted by Crippen LogP contribution is -1.84. The van der Waals surface area contributed by atoms with Crippen LogP contribution in [0.2, 0.25) is 0 Å². The minimum atomic E-state index is -0.417. The molecule has 1 aromatic carbocycles. The van der Waals surface area contributed by atoms with Gasteiger partial charge in [-0.05, 0) is 0 Å². The van der Waals surface area contributed by atoms with Crippen molar-refractivity contribution >= 4 is 5.69 Å². The van der Waals surface area contributed by atoms with Crippen LogP contribution < -0.4 is 6.15 Å². The van der Waals surface area contributed by atoms with Crippen molar-refractivity contribution in [2.75, 3.05) is 0 Å². The minimum absolute atomic E-state index is 0. The number of nitro benzene ring substituents is 1. The fourth-order valence-corrected chi connectivity index (χ4v) is 0.550. The van der Waals surface area contributed by atoms with E-state index >= 15 is 0 Å². The molecular formula is C6H9N2O2+. The summed E-state index contributed by atoms with van der Waals surface area (Å²) in [6, 6.07) is 7.93. The number of hydrogen-bond donors (Lipinski definition) is 1. The Morgan fingerprint density at radius 1 is 1.20 bits per heavy atom. The number of nitrogens with zero attached hydrogens (tertiary/aromatic N) is 1. The molecule has 4 heteroatoms. The van der Waals surface area contributed by atoms with E-state index in [9.17, 15) is 10.1 Å². The second-order valence-electron chi connectivity index (χ2n) is 1.59. The van der Waals surface area contributed by atoms with Gasteiger partial charge in [0, 0.05) is 12.1 Å². The van der Waals surface area contributed by atoms with Crippen LogP contribution in [0.4, 0.5) is 5.69 Å². The Morgan fingerprint density at radius 2 is 1.70 bits per heavy atom. The van der Waals surface area contributed by atoms with Crippen molar-refractivity contribution in [3.63, 3.8) is 0 Å². The number of non-ortho nitro benzene ring substituents is 1. The van der Waals surface area contributed by atoms with Gasteiger partial charge >= 0.3 is 0 Å². The van der Waals surface area contributed by atoms with E-state index in [2.05, 4.69) is 0 Å². The summed E-state index contributed by atoms with van der Waals surface area (Å²) in [6.45, 7) is 0. The summed E-state index contributed by atoms with van der Waals surface area (Å²) in [6.07, 6.45) is 0. The highest BCUT2D eigenvalue weighted by atomic mass is 16.6. The molecule has 0 amide bonds. The topological polar surface area (TPSA) is 79.6 Å². The first-order valence-corrected chi connectivity index (χ1v) is 2.50. The smallest absolute Gasteiger partial charge is 0.269 e. The minimum Gasteiger partial charge on any atom is -0.369 e. The van der Waals surface area contributed by atoms with Gasteiger partial charge in [-0.25, -0.2) is 0 Å². The standard InChI is InChI=1S/C6H5NO2.H3N/c8-7(9)6-4-2-1-3-5-6;/h1-5H;1H3/p+1. The summed E-state index contributed by atoms with van der Waals surface area (Å²) in [7, 11) is 0. The third-order valence-corrected chi connectivity index (χ3v) is 0.967. The van der Waals surface area contributed by atoms with Crippen molar-refractivity contribution in [1.29, 1.82) is 0 Å². The van der Waals surface area contributed by atoms with Crippen molar-refractivity contribution < 1.29 is 4.92 Å². The molecule has 0 bridgehead atoms. The van der Waals surface area contributed by atoms with Crippen LogP contribution in [0, 0.1) is 10.1 Å². The van der Waals surface area contributed by atoms with Gasteiger partial charge in [-0.2, -0.15) is 0 Å². The Kier molecular flexibility index (Phi) is 3.07. The first-order valence-electron chi connectivity index (χ1n) is 2.50. The average Bonchev–Trinajstić information content (AvgIpc) is 1.90. The average molecular weight is 141 g/mol. The quantitative estimate of drug-likeness (QED) is 0.479. The lowest BCUT2D eigenvalue weighted by Gasteiger charge is -1.85. The highest BCUT2D eigenvalue weighted by Gasteiger charge is 1.98. The number of quaternary nitrogens is 1. The molecule has 0 aliphatic carbocycles. The fourth-order valence-electron chi connectivity index (χ4n) is 0.550. The van der Waals surface area contributed by atoms with Crippen molar-refractivity contribution in [3.05, 3.63) is 40.4 Å². The lowest BCUT2D eigenvalue weighted by molar-refractivity contribution is -0.384. The van der Waals surface area contributed by atoms with Gasteiger partial charge in [0.05, 0.1) is 4.92 Å². The first-order chi connectivity index (χ1) is 4.30. The van der Waals surface area contributed by atoms with E-state index in [-0.39, 0.29) is 11.8 Å². The van der Waals surface area contributed by atoms with Gasteiger partial charge in [0.2, 0.25) is 0 Å². The van der Waals surface area contributed by atoms with Crippen molar-refractivity contribution in [3.8, 4) is 0 Å². The molecule has 0 unspecified atom stereocenters. The molecule has 4 N–H and O–H groups in total. The van der Waals surface area contributed by atoms with Crippen LogP contribution in [0.15, 0.2) is 30.3 Å². The molecule has 1 rings (SSSR count). The molecule has 0 aliphatic rings. The highest BCUT2D eigenvalue weighted by molar-refractivity contribution is 5.27. The van der Waals surface area contributed by atoms with Crippen LogP contribution >= 0.6 is 0 Å². The van der Waals surface area contributed by atoms with E-state index in [1.165, 1.54) is 12.1 Å². The van der Waals surface area contributed by atoms with Crippen molar-refractivity contribution in [2.45, 2.75) is 0 Å². The van der Waals surface area contributed by atoms with Crippen LogP contribution in [-0.4, -0.2) is 4.92 Å². The van der Waals surface area contributed by atoms with E-state index in [0.29, 0.717) is 0 Å². The molecule has 4 nitrogen and oxygen atoms in total. The maximum Gasteiger partial charge on any atom is 0.269 e. The van der Waals surface area contributed by atoms with E-state index in [0.717, 1.165) is 0 Å². The zero-order valence-corrected chi connectivity index (χ0v) is 5.65. The maximum absolute atomic E-state index is 10.0. The Hall–Kier alpha value is -1.42. The lowest BCUT2D eigenvalue weighted by atomic mass is 10.3. The van der Waals surface area contributed by atoms with E-state index in [4.69, 9.17) is 0 Å². The Morgan fingerprint density at radius 3 is 2.00 bits per heavy atom. The van der Waals surface area contributed by atoms with Gasteiger partial charge in [-0.1, -0.05) is 18.2 Å². The molecule has 0 aromatic heterocycles. The van der Waals surface area contributed by atoms with Gasteiger partial charge in [-0.15, -0.1) is 0 Å². The van der Waals surface area contributed by atoms with E-state index in [1.54, 1.807) is 18.2 Å². The predicted octanol–water partition coefficient (Wildman–Crippen LogP) is 1.97. The van der Waals surface area contributed by atoms with Gasteiger partial charge in [-0.3, -0.25) is 10.1 Å². The molecule has 0 fully saturated rings. The van der Waals surface area contributed by atoms with Gasteiger partial charge in [0.25, 0.3) is 5.69 Å². The number of rotatable bonds is 1. The van der Waals surface area contributed by atoms with Crippen molar-refractivity contribution in [1.82, 2.24) is 6.15 Å². The second kappa shape index (κ2) is 3.58. The van der Waals surface area contributed by atoms with Crippen molar-refractivity contribution in [2.24, 2.45) is 0 Å². The Bertz CT molecular complexity index is 210. The summed E-state index contributed by atoms with van der Waals surface area (Å²) >= 11 is 0. The summed E-state index contributed by atoms with van der Waals surface area (Å²) in [4.78, 5) is 9.59. The highest BCUT2D eigenvalue weighted by Crippen LogP contribution is 2.06. The molecule has 0 spiro atoms. The normalized spacial score (nSPS) is 8.00. The van der Waals surface area contributed by atoms with Crippen LogP contribution in [0.25, 0.3) is 0 Å².